The molecule has 7 heteroatoms. The maximum absolute atomic E-state index is 12.1. The minimum atomic E-state index is -0.210. The van der Waals surface area contributed by atoms with E-state index in [1.807, 2.05) is 4.90 Å². The number of nitrogens with one attached hydrogen (secondary N) is 1. The second-order valence-electron chi connectivity index (χ2n) is 5.20. The van der Waals surface area contributed by atoms with Crippen molar-refractivity contribution in [2.45, 2.75) is 6.54 Å². The Kier molecular flexibility index (Phi) is 3.65. The predicted molar refractivity (Wildman–Crippen MR) is 80.3 cm³/mol. The van der Waals surface area contributed by atoms with Gasteiger partial charge in [-0.1, -0.05) is 11.6 Å². The molecule has 0 spiro atoms. The van der Waals surface area contributed by atoms with Crippen molar-refractivity contribution in [3.05, 3.63) is 39.4 Å². The Morgan fingerprint density at radius 3 is 2.90 bits per heavy atom. The van der Waals surface area contributed by atoms with Crippen molar-refractivity contribution in [1.29, 1.82) is 0 Å². The van der Waals surface area contributed by atoms with Crippen molar-refractivity contribution in [3.8, 4) is 0 Å². The predicted octanol–water partition coefficient (Wildman–Crippen LogP) is 0.850. The van der Waals surface area contributed by atoms with Crippen LogP contribution in [-0.2, 0) is 11.3 Å². The summed E-state index contributed by atoms with van der Waals surface area (Å²) in [5.41, 5.74) is 0.400. The molecule has 0 unspecified atom stereocenters. The topological polar surface area (TPSA) is 69.3 Å². The normalized spacial score (nSPS) is 16.7. The molecule has 2 heterocycles. The van der Waals surface area contributed by atoms with Gasteiger partial charge in [0.05, 0.1) is 24.0 Å². The third-order valence-corrected chi connectivity index (χ3v) is 3.86. The molecule has 1 saturated heterocycles. The summed E-state index contributed by atoms with van der Waals surface area (Å²) < 4.78 is 0. The Morgan fingerprint density at radius 2 is 2.14 bits per heavy atom. The van der Waals surface area contributed by atoms with Crippen LogP contribution < -0.4 is 5.56 Å². The van der Waals surface area contributed by atoms with Crippen molar-refractivity contribution in [3.63, 3.8) is 0 Å². The average molecular weight is 307 g/mol. The summed E-state index contributed by atoms with van der Waals surface area (Å²) in [4.78, 5) is 34.6. The summed E-state index contributed by atoms with van der Waals surface area (Å²) in [5.74, 6) is 0.642. The molecule has 0 radical (unpaired) electrons. The van der Waals surface area contributed by atoms with E-state index in [2.05, 4.69) is 9.97 Å². The number of benzene rings is 1. The fraction of sp³-hybridized carbons (Fsp3) is 0.357. The lowest BCUT2D eigenvalue weighted by atomic mass is 10.2. The number of rotatable bonds is 2. The van der Waals surface area contributed by atoms with Gasteiger partial charge in [-0.25, -0.2) is 4.98 Å². The summed E-state index contributed by atoms with van der Waals surface area (Å²) in [6.07, 6.45) is 0. The molecule has 1 aliphatic rings. The van der Waals surface area contributed by atoms with E-state index in [0.29, 0.717) is 41.4 Å². The van der Waals surface area contributed by atoms with Gasteiger partial charge in [0.2, 0.25) is 5.91 Å². The number of piperazine rings is 1. The molecule has 1 aromatic heterocycles. The summed E-state index contributed by atoms with van der Waals surface area (Å²) in [6, 6.07) is 5.04. The Balaban J connectivity index is 1.86. The SMILES string of the molecule is CN1CCN(Cc2nc3ccc(Cl)cc3c(=O)[nH]2)CC1=O. The third-order valence-electron chi connectivity index (χ3n) is 3.63. The first-order valence-corrected chi connectivity index (χ1v) is 7.05. The molecule has 2 aromatic rings. The minimum Gasteiger partial charge on any atom is -0.343 e. The van der Waals surface area contributed by atoms with E-state index in [1.54, 1.807) is 30.1 Å². The van der Waals surface area contributed by atoms with Crippen LogP contribution in [0.2, 0.25) is 5.02 Å². The third kappa shape index (κ3) is 2.91. The molecule has 3 rings (SSSR count). The number of likely N-dealkylation sites (N-methyl/N-ethyl adjacent to an activating group) is 1. The number of carbonyl (C=O) groups is 1. The average Bonchev–Trinajstić information content (AvgIpc) is 2.44. The highest BCUT2D eigenvalue weighted by molar-refractivity contribution is 6.31. The van der Waals surface area contributed by atoms with Crippen LogP contribution in [0.4, 0.5) is 0 Å². The first-order valence-electron chi connectivity index (χ1n) is 6.68. The zero-order chi connectivity index (χ0) is 15.0. The lowest BCUT2D eigenvalue weighted by molar-refractivity contribution is -0.134. The number of halogens is 1. The van der Waals surface area contributed by atoms with Gasteiger partial charge in [-0.2, -0.15) is 0 Å². The number of fused-ring (bicyclic) bond motifs is 1. The molecular formula is C14H15ClN4O2. The van der Waals surface area contributed by atoms with E-state index in [0.717, 1.165) is 6.54 Å². The Labute approximate surface area is 126 Å². The van der Waals surface area contributed by atoms with Crippen LogP contribution in [0.25, 0.3) is 10.9 Å². The molecule has 1 N–H and O–H groups in total. The number of aromatic amines is 1. The molecule has 1 amide bonds. The quantitative estimate of drug-likeness (QED) is 0.893. The molecule has 0 aliphatic carbocycles. The van der Waals surface area contributed by atoms with Crippen LogP contribution in [0, 0.1) is 0 Å². The van der Waals surface area contributed by atoms with Gasteiger partial charge in [-0.15, -0.1) is 0 Å². The van der Waals surface area contributed by atoms with Crippen molar-refractivity contribution < 1.29 is 4.79 Å². The molecule has 110 valence electrons. The summed E-state index contributed by atoms with van der Waals surface area (Å²) in [7, 11) is 1.79. The van der Waals surface area contributed by atoms with Crippen molar-refractivity contribution in [2.75, 3.05) is 26.7 Å². The lowest BCUT2D eigenvalue weighted by Crippen LogP contribution is -2.48. The van der Waals surface area contributed by atoms with Gasteiger partial charge < -0.3 is 9.88 Å². The number of amides is 1. The van der Waals surface area contributed by atoms with E-state index in [4.69, 9.17) is 11.6 Å². The van der Waals surface area contributed by atoms with Crippen LogP contribution in [0.1, 0.15) is 5.82 Å². The summed E-state index contributed by atoms with van der Waals surface area (Å²) in [6.45, 7) is 2.25. The van der Waals surface area contributed by atoms with Gasteiger partial charge in [0.15, 0.2) is 0 Å². The molecule has 1 aromatic carbocycles. The Hall–Kier alpha value is -1.92. The molecule has 1 fully saturated rings. The second kappa shape index (κ2) is 5.46. The van der Waals surface area contributed by atoms with Crippen LogP contribution in [0.15, 0.2) is 23.0 Å². The monoisotopic (exact) mass is 306 g/mol. The number of hydrogen-bond donors (Lipinski definition) is 1. The highest BCUT2D eigenvalue weighted by atomic mass is 35.5. The van der Waals surface area contributed by atoms with Gasteiger partial charge >= 0.3 is 0 Å². The molecule has 6 nitrogen and oxygen atoms in total. The largest absolute Gasteiger partial charge is 0.343 e. The minimum absolute atomic E-state index is 0.0798. The van der Waals surface area contributed by atoms with Gasteiger partial charge in [0.25, 0.3) is 5.56 Å². The van der Waals surface area contributed by atoms with Crippen LogP contribution >= 0.6 is 11.6 Å². The Bertz CT molecular complexity index is 758. The van der Waals surface area contributed by atoms with E-state index in [-0.39, 0.29) is 11.5 Å². The van der Waals surface area contributed by atoms with E-state index in [1.165, 1.54) is 0 Å². The highest BCUT2D eigenvalue weighted by Crippen LogP contribution is 2.15. The fourth-order valence-electron chi connectivity index (χ4n) is 2.39. The molecule has 0 bridgehead atoms. The summed E-state index contributed by atoms with van der Waals surface area (Å²) >= 11 is 5.88. The van der Waals surface area contributed by atoms with E-state index >= 15 is 0 Å². The van der Waals surface area contributed by atoms with E-state index < -0.39 is 0 Å². The smallest absolute Gasteiger partial charge is 0.258 e. The van der Waals surface area contributed by atoms with Crippen LogP contribution in [0.5, 0.6) is 0 Å². The number of hydrogen-bond acceptors (Lipinski definition) is 4. The Morgan fingerprint density at radius 1 is 1.33 bits per heavy atom. The van der Waals surface area contributed by atoms with Crippen molar-refractivity contribution >= 4 is 28.4 Å². The molecule has 0 atom stereocenters. The zero-order valence-electron chi connectivity index (χ0n) is 11.6. The van der Waals surface area contributed by atoms with Crippen LogP contribution in [-0.4, -0.2) is 52.4 Å². The molecule has 21 heavy (non-hydrogen) atoms. The second-order valence-corrected chi connectivity index (χ2v) is 5.64. The first-order chi connectivity index (χ1) is 10.0. The maximum atomic E-state index is 12.1. The number of nitrogens with zero attached hydrogens (tertiary/aromatic N) is 3. The van der Waals surface area contributed by atoms with Gasteiger partial charge in [-0.3, -0.25) is 14.5 Å². The van der Waals surface area contributed by atoms with E-state index in [9.17, 15) is 9.59 Å². The molecule has 1 aliphatic heterocycles. The lowest BCUT2D eigenvalue weighted by Gasteiger charge is -2.31. The van der Waals surface area contributed by atoms with Gasteiger partial charge in [0, 0.05) is 25.2 Å². The summed E-state index contributed by atoms with van der Waals surface area (Å²) in [5, 5.41) is 0.980. The highest BCUT2D eigenvalue weighted by Gasteiger charge is 2.21. The maximum Gasteiger partial charge on any atom is 0.258 e. The number of H-pyrrole nitrogens is 1. The number of carbonyl (C=O) groups excluding carboxylic acids is 1. The number of aromatic nitrogens is 2. The van der Waals surface area contributed by atoms with Crippen molar-refractivity contribution in [1.82, 2.24) is 19.8 Å². The zero-order valence-corrected chi connectivity index (χ0v) is 12.4. The van der Waals surface area contributed by atoms with Crippen molar-refractivity contribution in [2.24, 2.45) is 0 Å². The van der Waals surface area contributed by atoms with Gasteiger partial charge in [-0.05, 0) is 18.2 Å². The van der Waals surface area contributed by atoms with Gasteiger partial charge in [0.1, 0.15) is 5.82 Å². The standard InChI is InChI=1S/C14H15ClN4O2/c1-18-4-5-19(8-13(18)20)7-12-16-11-3-2-9(15)6-10(11)14(21)17-12/h2-3,6H,4-5,7-8H2,1H3,(H,16,17,21). The molecular weight excluding hydrogens is 292 g/mol. The van der Waals surface area contributed by atoms with Crippen LogP contribution in [0.3, 0.4) is 0 Å². The molecule has 0 saturated carbocycles. The fourth-order valence-corrected chi connectivity index (χ4v) is 2.56. The first kappa shape index (κ1) is 14.0.